The van der Waals surface area contributed by atoms with Crippen molar-refractivity contribution in [3.8, 4) is 0 Å². The smallest absolute Gasteiger partial charge is 0.320 e. The number of amides is 3. The standard InChI is InChI=1S/C18H24N8O2/c1-23(2)18(28)25-8-4-3-5-14(25)16-22-21-15-12-24(9-10-26(15)16)17(27)13-11-19-6-7-20-13/h6-7,11,14H,3-5,8-10,12H2,1-2H3. The Morgan fingerprint density at radius 1 is 1.11 bits per heavy atom. The van der Waals surface area contributed by atoms with Crippen LogP contribution in [-0.4, -0.2) is 78.6 Å². The summed E-state index contributed by atoms with van der Waals surface area (Å²) in [5.41, 5.74) is 0.325. The molecule has 0 spiro atoms. The first-order chi connectivity index (χ1) is 13.6. The van der Waals surface area contributed by atoms with Gasteiger partial charge in [-0.2, -0.15) is 0 Å². The molecule has 0 aliphatic carbocycles. The van der Waals surface area contributed by atoms with Crippen LogP contribution in [0, 0.1) is 0 Å². The molecule has 2 aromatic rings. The van der Waals surface area contributed by atoms with Crippen LogP contribution >= 0.6 is 0 Å². The van der Waals surface area contributed by atoms with Gasteiger partial charge in [-0.05, 0) is 19.3 Å². The number of rotatable bonds is 2. The zero-order valence-corrected chi connectivity index (χ0v) is 16.2. The van der Waals surface area contributed by atoms with Crippen LogP contribution in [0.15, 0.2) is 18.6 Å². The van der Waals surface area contributed by atoms with E-state index in [-0.39, 0.29) is 18.0 Å². The van der Waals surface area contributed by atoms with Gasteiger partial charge in [-0.1, -0.05) is 0 Å². The predicted octanol–water partition coefficient (Wildman–Crippen LogP) is 0.933. The third-order valence-corrected chi connectivity index (χ3v) is 5.28. The molecule has 0 radical (unpaired) electrons. The Kier molecular flexibility index (Phi) is 4.93. The number of likely N-dealkylation sites (tertiary alicyclic amines) is 1. The molecule has 0 N–H and O–H groups in total. The zero-order valence-electron chi connectivity index (χ0n) is 16.2. The molecule has 1 atom stereocenters. The van der Waals surface area contributed by atoms with E-state index >= 15 is 0 Å². The molecular weight excluding hydrogens is 360 g/mol. The molecule has 0 aromatic carbocycles. The van der Waals surface area contributed by atoms with Crippen LogP contribution in [0.5, 0.6) is 0 Å². The van der Waals surface area contributed by atoms with Crippen LogP contribution in [-0.2, 0) is 13.1 Å². The van der Waals surface area contributed by atoms with Crippen molar-refractivity contribution in [2.75, 3.05) is 27.2 Å². The number of fused-ring (bicyclic) bond motifs is 1. The van der Waals surface area contributed by atoms with Gasteiger partial charge in [-0.15, -0.1) is 10.2 Å². The molecule has 1 fully saturated rings. The molecule has 2 aliphatic rings. The summed E-state index contributed by atoms with van der Waals surface area (Å²) in [6.07, 6.45) is 7.46. The second-order valence-corrected chi connectivity index (χ2v) is 7.33. The first-order valence-electron chi connectivity index (χ1n) is 9.51. The van der Waals surface area contributed by atoms with Gasteiger partial charge in [0, 0.05) is 46.1 Å². The van der Waals surface area contributed by atoms with E-state index in [1.54, 1.807) is 30.1 Å². The number of aromatic nitrogens is 5. The Morgan fingerprint density at radius 3 is 2.71 bits per heavy atom. The van der Waals surface area contributed by atoms with Gasteiger partial charge in [-0.3, -0.25) is 9.78 Å². The highest BCUT2D eigenvalue weighted by Crippen LogP contribution is 2.31. The molecule has 2 aliphatic heterocycles. The van der Waals surface area contributed by atoms with E-state index in [9.17, 15) is 9.59 Å². The van der Waals surface area contributed by atoms with Gasteiger partial charge in [-0.25, -0.2) is 9.78 Å². The summed E-state index contributed by atoms with van der Waals surface area (Å²) >= 11 is 0. The third-order valence-electron chi connectivity index (χ3n) is 5.28. The number of piperidine rings is 1. The minimum Gasteiger partial charge on any atom is -0.331 e. The van der Waals surface area contributed by atoms with Crippen molar-refractivity contribution in [2.45, 2.75) is 38.4 Å². The maximum absolute atomic E-state index is 12.6. The number of urea groups is 1. The SMILES string of the molecule is CN(C)C(=O)N1CCCCC1c1nnc2n1CCN(C(=O)c1cnccn1)C2. The van der Waals surface area contributed by atoms with Crippen LogP contribution in [0.25, 0.3) is 0 Å². The van der Waals surface area contributed by atoms with Crippen LogP contribution < -0.4 is 0 Å². The van der Waals surface area contributed by atoms with Gasteiger partial charge in [0.25, 0.3) is 5.91 Å². The topological polar surface area (TPSA) is 100 Å². The summed E-state index contributed by atoms with van der Waals surface area (Å²) in [6, 6.07) is -0.0792. The van der Waals surface area contributed by atoms with Gasteiger partial charge in [0.05, 0.1) is 18.8 Å². The van der Waals surface area contributed by atoms with Crippen LogP contribution in [0.1, 0.15) is 47.4 Å². The fraction of sp³-hybridized carbons (Fsp3) is 0.556. The Morgan fingerprint density at radius 2 is 1.96 bits per heavy atom. The summed E-state index contributed by atoms with van der Waals surface area (Å²) in [6.45, 7) is 2.24. The van der Waals surface area contributed by atoms with Crippen molar-refractivity contribution in [1.82, 2.24) is 39.4 Å². The van der Waals surface area contributed by atoms with E-state index in [0.717, 1.165) is 37.5 Å². The number of hydrogen-bond acceptors (Lipinski definition) is 6. The number of carbonyl (C=O) groups excluding carboxylic acids is 2. The van der Waals surface area contributed by atoms with E-state index < -0.39 is 0 Å². The van der Waals surface area contributed by atoms with Crippen molar-refractivity contribution in [3.05, 3.63) is 35.9 Å². The molecule has 4 rings (SSSR count). The number of carbonyl (C=O) groups is 2. The average molecular weight is 384 g/mol. The quantitative estimate of drug-likeness (QED) is 0.764. The third kappa shape index (κ3) is 3.30. The summed E-state index contributed by atoms with van der Waals surface area (Å²) in [4.78, 5) is 38.5. The van der Waals surface area contributed by atoms with Crippen LogP contribution in [0.4, 0.5) is 4.79 Å². The van der Waals surface area contributed by atoms with Crippen LogP contribution in [0.2, 0.25) is 0 Å². The maximum Gasteiger partial charge on any atom is 0.320 e. The lowest BCUT2D eigenvalue weighted by Crippen LogP contribution is -2.45. The van der Waals surface area contributed by atoms with E-state index in [1.807, 2.05) is 4.90 Å². The molecule has 3 amide bonds. The van der Waals surface area contributed by atoms with Gasteiger partial charge < -0.3 is 19.3 Å². The lowest BCUT2D eigenvalue weighted by molar-refractivity contribution is 0.0696. The highest BCUT2D eigenvalue weighted by molar-refractivity contribution is 5.91. The van der Waals surface area contributed by atoms with Crippen molar-refractivity contribution in [1.29, 1.82) is 0 Å². The van der Waals surface area contributed by atoms with Crippen molar-refractivity contribution >= 4 is 11.9 Å². The maximum atomic E-state index is 12.6. The highest BCUT2D eigenvalue weighted by Gasteiger charge is 2.35. The second kappa shape index (κ2) is 7.53. The molecule has 0 saturated carbocycles. The molecule has 2 aromatic heterocycles. The fourth-order valence-electron chi connectivity index (χ4n) is 3.86. The monoisotopic (exact) mass is 384 g/mol. The minimum absolute atomic E-state index is 0.00249. The second-order valence-electron chi connectivity index (χ2n) is 7.33. The minimum atomic E-state index is -0.161. The fourth-order valence-corrected chi connectivity index (χ4v) is 3.86. The molecule has 0 bridgehead atoms. The summed E-state index contributed by atoms with van der Waals surface area (Å²) in [5.74, 6) is 1.39. The molecule has 28 heavy (non-hydrogen) atoms. The lowest BCUT2D eigenvalue weighted by atomic mass is 10.0. The Bertz CT molecular complexity index is 866. The molecular formula is C18H24N8O2. The summed E-state index contributed by atoms with van der Waals surface area (Å²) in [5, 5.41) is 8.74. The molecule has 10 nitrogen and oxygen atoms in total. The van der Waals surface area contributed by atoms with E-state index in [1.165, 1.54) is 12.4 Å². The van der Waals surface area contributed by atoms with Crippen molar-refractivity contribution in [3.63, 3.8) is 0 Å². The average Bonchev–Trinajstić information content (AvgIpc) is 3.16. The molecule has 10 heteroatoms. The highest BCUT2D eigenvalue weighted by atomic mass is 16.2. The van der Waals surface area contributed by atoms with E-state index in [4.69, 9.17) is 0 Å². The first kappa shape index (κ1) is 18.3. The first-order valence-corrected chi connectivity index (χ1v) is 9.51. The van der Waals surface area contributed by atoms with E-state index in [0.29, 0.717) is 25.3 Å². The molecule has 1 saturated heterocycles. The Labute approximate surface area is 163 Å². The predicted molar refractivity (Wildman–Crippen MR) is 99.2 cm³/mol. The number of hydrogen-bond donors (Lipinski definition) is 0. The number of nitrogens with zero attached hydrogens (tertiary/aromatic N) is 8. The van der Waals surface area contributed by atoms with Crippen molar-refractivity contribution < 1.29 is 9.59 Å². The van der Waals surface area contributed by atoms with Gasteiger partial charge in [0.15, 0.2) is 11.6 Å². The Balaban J connectivity index is 1.55. The summed E-state index contributed by atoms with van der Waals surface area (Å²) < 4.78 is 2.06. The summed E-state index contributed by atoms with van der Waals surface area (Å²) in [7, 11) is 3.53. The van der Waals surface area contributed by atoms with Gasteiger partial charge in [0.2, 0.25) is 0 Å². The lowest BCUT2D eigenvalue weighted by Gasteiger charge is -2.37. The van der Waals surface area contributed by atoms with Crippen LogP contribution in [0.3, 0.4) is 0 Å². The molecule has 4 heterocycles. The van der Waals surface area contributed by atoms with Crippen molar-refractivity contribution in [2.24, 2.45) is 0 Å². The molecule has 148 valence electrons. The zero-order chi connectivity index (χ0) is 19.7. The molecule has 1 unspecified atom stereocenters. The van der Waals surface area contributed by atoms with Gasteiger partial charge >= 0.3 is 6.03 Å². The largest absolute Gasteiger partial charge is 0.331 e. The Hall–Kier alpha value is -3.04. The van der Waals surface area contributed by atoms with E-state index in [2.05, 4.69) is 24.7 Å². The van der Waals surface area contributed by atoms with Gasteiger partial charge in [0.1, 0.15) is 5.69 Å². The normalized spacial score (nSPS) is 19.3.